The lowest BCUT2D eigenvalue weighted by atomic mass is 10.2. The molecule has 5 aromatic heterocycles. The molecular weight excluding hydrogens is 644 g/mol. The van der Waals surface area contributed by atoms with Gasteiger partial charge in [0.1, 0.15) is 23.1 Å². The number of nitrogens with two attached hydrogens (primary N) is 3. The van der Waals surface area contributed by atoms with E-state index in [1.54, 1.807) is 24.5 Å². The van der Waals surface area contributed by atoms with Crippen molar-refractivity contribution in [2.75, 3.05) is 68.1 Å². The van der Waals surface area contributed by atoms with Crippen LogP contribution in [-0.4, -0.2) is 82.5 Å². The van der Waals surface area contributed by atoms with Crippen molar-refractivity contribution in [3.8, 4) is 29.0 Å². The molecule has 0 amide bonds. The maximum Gasteiger partial charge on any atom is 0.180 e. The van der Waals surface area contributed by atoms with E-state index in [0.717, 1.165) is 75.6 Å². The predicted molar refractivity (Wildman–Crippen MR) is 198 cm³/mol. The van der Waals surface area contributed by atoms with Gasteiger partial charge in [0.25, 0.3) is 0 Å². The van der Waals surface area contributed by atoms with E-state index in [2.05, 4.69) is 41.3 Å². The molecule has 260 valence electrons. The minimum absolute atomic E-state index is 0.391. The molecule has 0 unspecified atom stereocenters. The van der Waals surface area contributed by atoms with Crippen molar-refractivity contribution in [1.29, 1.82) is 5.26 Å². The molecule has 0 spiro atoms. The van der Waals surface area contributed by atoms with Crippen molar-refractivity contribution in [2.24, 2.45) is 11.5 Å². The molecule has 0 saturated carbocycles. The third kappa shape index (κ3) is 10.5. The van der Waals surface area contributed by atoms with E-state index < -0.39 is 0 Å². The average Bonchev–Trinajstić information content (AvgIpc) is 3.20. The number of rotatable bonds is 6. The largest absolute Gasteiger partial charge is 0.397 e. The second-order valence-corrected chi connectivity index (χ2v) is 11.1. The molecule has 0 aromatic carbocycles. The lowest BCUT2D eigenvalue weighted by Gasteiger charge is -2.28. The van der Waals surface area contributed by atoms with E-state index in [0.29, 0.717) is 40.1 Å². The van der Waals surface area contributed by atoms with Crippen LogP contribution in [0.25, 0.3) is 34.3 Å². The van der Waals surface area contributed by atoms with Crippen molar-refractivity contribution in [1.82, 2.24) is 29.9 Å². The molecule has 14 heteroatoms. The molecule has 6 N–H and O–H groups in total. The average molecular weight is 685 g/mol. The van der Waals surface area contributed by atoms with Crippen LogP contribution < -0.4 is 27.0 Å². The fourth-order valence-corrected chi connectivity index (χ4v) is 4.99. The van der Waals surface area contributed by atoms with Crippen LogP contribution in [0.1, 0.15) is 11.4 Å². The Kier molecular flexibility index (Phi) is 12.9. The van der Waals surface area contributed by atoms with Gasteiger partial charge in [-0.2, -0.15) is 5.26 Å². The highest BCUT2D eigenvalue weighted by Crippen LogP contribution is 2.23. The molecule has 0 atom stereocenters. The van der Waals surface area contributed by atoms with E-state index in [9.17, 15) is 0 Å². The Bertz CT molecular complexity index is 1940. The van der Waals surface area contributed by atoms with Gasteiger partial charge < -0.3 is 36.5 Å². The molecule has 0 aliphatic carbocycles. The molecule has 7 heterocycles. The van der Waals surface area contributed by atoms with E-state index >= 15 is 0 Å². The smallest absolute Gasteiger partial charge is 0.180 e. The number of nitrogen functional groups attached to an aromatic ring is 1. The molecule has 5 aromatic rings. The summed E-state index contributed by atoms with van der Waals surface area (Å²) in [5, 5.41) is 8.55. The molecule has 7 rings (SSSR count). The van der Waals surface area contributed by atoms with Gasteiger partial charge in [-0.05, 0) is 48.5 Å². The van der Waals surface area contributed by atoms with E-state index in [-0.39, 0.29) is 0 Å². The molecule has 51 heavy (non-hydrogen) atoms. The van der Waals surface area contributed by atoms with Crippen molar-refractivity contribution in [2.45, 2.75) is 0 Å². The normalized spacial score (nSPS) is 14.2. The number of morpholine rings is 2. The minimum Gasteiger partial charge on any atom is -0.397 e. The molecule has 0 bridgehead atoms. The van der Waals surface area contributed by atoms with E-state index in [4.69, 9.17) is 36.9 Å². The summed E-state index contributed by atoms with van der Waals surface area (Å²) in [6, 6.07) is 26.3. The highest BCUT2D eigenvalue weighted by Gasteiger charge is 2.15. The third-order valence-electron chi connectivity index (χ3n) is 7.55. The van der Waals surface area contributed by atoms with Gasteiger partial charge in [-0.1, -0.05) is 30.8 Å². The fraction of sp³-hybridized carbons (Fsp3) is 0.216. The van der Waals surface area contributed by atoms with Crippen LogP contribution in [-0.2, 0) is 9.47 Å². The van der Waals surface area contributed by atoms with Gasteiger partial charge >= 0.3 is 0 Å². The summed E-state index contributed by atoms with van der Waals surface area (Å²) in [5.74, 6) is 2.68. The van der Waals surface area contributed by atoms with Crippen LogP contribution in [0.15, 0.2) is 104 Å². The quantitative estimate of drug-likeness (QED) is 0.218. The third-order valence-corrected chi connectivity index (χ3v) is 7.55. The number of ether oxygens (including phenoxy) is 2. The standard InChI is InChI=1S/C18H18N6O.C12H14N4O.C7H8N2/c19-16-12-15(22-18(23-16)14-4-1-2-7-20-14)13-5-3-6-17(21-13)24-8-10-25-11-9-24;13-5-4-10(14)11-2-1-3-12(15-11)16-6-8-17-9-7-16;1-6(8)7-4-2-3-5-9-7/h1-7,12H,8-11H2,(H2,19,22,23);1-4H,6-9,14H2;2-5H,1,8H2/b;10-4-;. The fourth-order valence-electron chi connectivity index (χ4n) is 4.99. The van der Waals surface area contributed by atoms with Gasteiger partial charge in [0, 0.05) is 50.7 Å². The number of nitriles is 1. The van der Waals surface area contributed by atoms with Gasteiger partial charge in [0.05, 0.1) is 66.7 Å². The van der Waals surface area contributed by atoms with E-state index in [1.807, 2.05) is 72.8 Å². The van der Waals surface area contributed by atoms with E-state index in [1.165, 1.54) is 6.08 Å². The first kappa shape index (κ1) is 35.9. The van der Waals surface area contributed by atoms with Gasteiger partial charge in [-0.3, -0.25) is 9.97 Å². The summed E-state index contributed by atoms with van der Waals surface area (Å²) >= 11 is 0. The van der Waals surface area contributed by atoms with Crippen molar-refractivity contribution in [3.05, 3.63) is 115 Å². The summed E-state index contributed by atoms with van der Waals surface area (Å²) in [6.45, 7) is 9.75. The molecule has 0 radical (unpaired) electrons. The van der Waals surface area contributed by atoms with Crippen molar-refractivity contribution in [3.63, 3.8) is 0 Å². The number of allylic oxidation sites excluding steroid dienone is 1. The molecule has 2 saturated heterocycles. The molecular formula is C37H40N12O2. The molecule has 2 aliphatic heterocycles. The predicted octanol–water partition coefficient (Wildman–Crippen LogP) is 3.77. The Morgan fingerprint density at radius 3 is 1.84 bits per heavy atom. The Hall–Kier alpha value is -6.43. The summed E-state index contributed by atoms with van der Waals surface area (Å²) in [5.41, 5.74) is 21.5. The number of nitrogens with zero attached hydrogens (tertiary/aromatic N) is 9. The Morgan fingerprint density at radius 1 is 0.686 bits per heavy atom. The lowest BCUT2D eigenvalue weighted by Crippen LogP contribution is -2.36. The second-order valence-electron chi connectivity index (χ2n) is 11.1. The molecule has 14 nitrogen and oxygen atoms in total. The highest BCUT2D eigenvalue weighted by molar-refractivity contribution is 5.65. The minimum atomic E-state index is 0.391. The topological polar surface area (TPSA) is 204 Å². The zero-order chi connectivity index (χ0) is 35.8. The zero-order valence-corrected chi connectivity index (χ0v) is 28.2. The van der Waals surface area contributed by atoms with Crippen LogP contribution in [0.5, 0.6) is 0 Å². The van der Waals surface area contributed by atoms with Gasteiger partial charge in [0.15, 0.2) is 5.82 Å². The SMILES string of the molecule is C=C(N)c1ccccn1.N#C/C=C(\N)c1cccc(N2CCOCC2)n1.Nc1cc(-c2cccc(N3CCOCC3)n2)nc(-c2ccccn2)n1. The van der Waals surface area contributed by atoms with Gasteiger partial charge in [-0.25, -0.2) is 19.9 Å². The second kappa shape index (κ2) is 18.4. The van der Waals surface area contributed by atoms with Crippen LogP contribution in [0.3, 0.4) is 0 Å². The van der Waals surface area contributed by atoms with Crippen LogP contribution in [0, 0.1) is 11.3 Å². The molecule has 2 fully saturated rings. The Labute approximate surface area is 297 Å². The maximum absolute atomic E-state index is 8.55. The number of hydrogen-bond acceptors (Lipinski definition) is 14. The maximum atomic E-state index is 8.55. The lowest BCUT2D eigenvalue weighted by molar-refractivity contribution is 0.122. The van der Waals surface area contributed by atoms with Crippen LogP contribution >= 0.6 is 0 Å². The Morgan fingerprint density at radius 2 is 1.27 bits per heavy atom. The van der Waals surface area contributed by atoms with Crippen LogP contribution in [0.4, 0.5) is 17.5 Å². The monoisotopic (exact) mass is 684 g/mol. The summed E-state index contributed by atoms with van der Waals surface area (Å²) in [7, 11) is 0. The first-order valence-corrected chi connectivity index (χ1v) is 16.3. The number of hydrogen-bond donors (Lipinski definition) is 3. The number of anilines is 3. The number of aromatic nitrogens is 6. The Balaban J connectivity index is 0.000000167. The van der Waals surface area contributed by atoms with Crippen LogP contribution in [0.2, 0.25) is 0 Å². The van der Waals surface area contributed by atoms with Crippen molar-refractivity contribution < 1.29 is 9.47 Å². The van der Waals surface area contributed by atoms with Crippen molar-refractivity contribution >= 4 is 28.8 Å². The first-order chi connectivity index (χ1) is 24.9. The van der Waals surface area contributed by atoms with Gasteiger partial charge in [0.2, 0.25) is 0 Å². The van der Waals surface area contributed by atoms with Gasteiger partial charge in [-0.15, -0.1) is 0 Å². The zero-order valence-electron chi connectivity index (χ0n) is 28.2. The first-order valence-electron chi connectivity index (χ1n) is 16.3. The summed E-state index contributed by atoms with van der Waals surface area (Å²) < 4.78 is 10.7. The highest BCUT2D eigenvalue weighted by atomic mass is 16.5. The summed E-state index contributed by atoms with van der Waals surface area (Å²) in [6.07, 6.45) is 4.69. The molecule has 2 aliphatic rings. The number of pyridine rings is 4. The summed E-state index contributed by atoms with van der Waals surface area (Å²) in [4.78, 5) is 30.7.